The van der Waals surface area contributed by atoms with Crippen LogP contribution in [0.25, 0.3) is 6.08 Å². The number of benzene rings is 2. The minimum atomic E-state index is -1.19. The number of carboxylic acids is 1. The van der Waals surface area contributed by atoms with Crippen molar-refractivity contribution >= 4 is 35.5 Å². The average molecular weight is 439 g/mol. The zero-order chi connectivity index (χ0) is 22.2. The van der Waals surface area contributed by atoms with E-state index in [1.54, 1.807) is 48.5 Å². The van der Waals surface area contributed by atoms with Gasteiger partial charge in [0.25, 0.3) is 11.8 Å². The highest BCUT2D eigenvalue weighted by atomic mass is 35.5. The van der Waals surface area contributed by atoms with Crippen LogP contribution < -0.4 is 10.6 Å². The van der Waals surface area contributed by atoms with Crippen molar-refractivity contribution in [3.8, 4) is 0 Å². The molecule has 3 N–H and O–H groups in total. The molecule has 0 aliphatic carbocycles. The van der Waals surface area contributed by atoms with Crippen LogP contribution in [0.5, 0.6) is 0 Å². The van der Waals surface area contributed by atoms with Gasteiger partial charge in [0, 0.05) is 11.4 Å². The van der Waals surface area contributed by atoms with E-state index in [4.69, 9.17) is 16.0 Å². The molecule has 0 aliphatic heterocycles. The number of hydrogen-bond donors (Lipinski definition) is 3. The van der Waals surface area contributed by atoms with Gasteiger partial charge in [0.1, 0.15) is 11.7 Å². The molecule has 0 bridgehead atoms. The predicted molar refractivity (Wildman–Crippen MR) is 115 cm³/mol. The summed E-state index contributed by atoms with van der Waals surface area (Å²) in [5, 5.41) is 15.0. The van der Waals surface area contributed by atoms with Gasteiger partial charge in [0.2, 0.25) is 0 Å². The second-order valence-electron chi connectivity index (χ2n) is 6.59. The lowest BCUT2D eigenvalue weighted by molar-refractivity contribution is -0.141. The zero-order valence-corrected chi connectivity index (χ0v) is 17.0. The zero-order valence-electron chi connectivity index (χ0n) is 16.2. The Bertz CT molecular complexity index is 1080. The van der Waals surface area contributed by atoms with Crippen LogP contribution in [0.3, 0.4) is 0 Å². The number of halogens is 1. The monoisotopic (exact) mass is 438 g/mol. The van der Waals surface area contributed by atoms with E-state index in [9.17, 15) is 19.5 Å². The summed E-state index contributed by atoms with van der Waals surface area (Å²) in [6.45, 7) is 0. The van der Waals surface area contributed by atoms with Crippen LogP contribution in [0.15, 0.2) is 83.1 Å². The third kappa shape index (κ3) is 6.32. The lowest BCUT2D eigenvalue weighted by Gasteiger charge is -2.16. The van der Waals surface area contributed by atoms with Crippen LogP contribution in [-0.2, 0) is 16.0 Å². The summed E-state index contributed by atoms with van der Waals surface area (Å²) < 4.78 is 5.06. The molecule has 0 saturated carbocycles. The van der Waals surface area contributed by atoms with E-state index in [0.717, 1.165) is 5.56 Å². The van der Waals surface area contributed by atoms with Crippen LogP contribution in [0.1, 0.15) is 21.7 Å². The van der Waals surface area contributed by atoms with E-state index in [1.807, 2.05) is 6.07 Å². The van der Waals surface area contributed by atoms with Gasteiger partial charge in [0.05, 0.1) is 6.26 Å². The van der Waals surface area contributed by atoms with E-state index in [-0.39, 0.29) is 17.9 Å². The molecule has 0 radical (unpaired) electrons. The third-order valence-electron chi connectivity index (χ3n) is 4.30. The normalized spacial score (nSPS) is 12.1. The molecular formula is C23H19ClN2O5. The van der Waals surface area contributed by atoms with Gasteiger partial charge in [-0.15, -0.1) is 0 Å². The first-order valence-electron chi connectivity index (χ1n) is 9.32. The maximum absolute atomic E-state index is 12.9. The van der Waals surface area contributed by atoms with E-state index >= 15 is 0 Å². The van der Waals surface area contributed by atoms with Crippen molar-refractivity contribution in [3.05, 3.63) is 101 Å². The number of carbonyl (C=O) groups is 3. The summed E-state index contributed by atoms with van der Waals surface area (Å²) in [7, 11) is 0. The summed E-state index contributed by atoms with van der Waals surface area (Å²) in [4.78, 5) is 37.0. The summed E-state index contributed by atoms with van der Waals surface area (Å²) in [5.41, 5.74) is 1.20. The maximum Gasteiger partial charge on any atom is 0.326 e. The Morgan fingerprint density at radius 2 is 1.71 bits per heavy atom. The molecule has 1 heterocycles. The van der Waals surface area contributed by atoms with E-state index in [0.29, 0.717) is 10.6 Å². The Balaban J connectivity index is 1.83. The Morgan fingerprint density at radius 3 is 2.32 bits per heavy atom. The topological polar surface area (TPSA) is 109 Å². The molecule has 0 saturated heterocycles. The minimum absolute atomic E-state index is 0.00822. The van der Waals surface area contributed by atoms with Crippen molar-refractivity contribution < 1.29 is 23.9 Å². The fraction of sp³-hybridized carbons (Fsp3) is 0.0870. The highest BCUT2D eigenvalue weighted by Gasteiger charge is 2.24. The molecule has 0 aliphatic rings. The average Bonchev–Trinajstić information content (AvgIpc) is 3.30. The van der Waals surface area contributed by atoms with Crippen molar-refractivity contribution in [1.29, 1.82) is 0 Å². The van der Waals surface area contributed by atoms with Crippen LogP contribution in [0.2, 0.25) is 5.02 Å². The largest absolute Gasteiger partial charge is 0.480 e. The smallest absolute Gasteiger partial charge is 0.326 e. The Labute approximate surface area is 183 Å². The maximum atomic E-state index is 12.9. The van der Waals surface area contributed by atoms with Gasteiger partial charge >= 0.3 is 5.97 Å². The fourth-order valence-electron chi connectivity index (χ4n) is 2.76. The van der Waals surface area contributed by atoms with Crippen LogP contribution in [-0.4, -0.2) is 28.9 Å². The molecule has 1 aromatic heterocycles. The first-order valence-corrected chi connectivity index (χ1v) is 9.70. The predicted octanol–water partition coefficient (Wildman–Crippen LogP) is 3.52. The number of furan rings is 1. The van der Waals surface area contributed by atoms with Crippen molar-refractivity contribution in [2.45, 2.75) is 12.5 Å². The van der Waals surface area contributed by atoms with E-state index < -0.39 is 23.8 Å². The summed E-state index contributed by atoms with van der Waals surface area (Å²) in [6, 6.07) is 17.3. The van der Waals surface area contributed by atoms with Gasteiger partial charge in [-0.1, -0.05) is 54.1 Å². The first-order chi connectivity index (χ1) is 14.9. The molecular weight excluding hydrogens is 420 g/mol. The van der Waals surface area contributed by atoms with Gasteiger partial charge in [-0.2, -0.15) is 0 Å². The van der Waals surface area contributed by atoms with Crippen molar-refractivity contribution in [2.75, 3.05) is 0 Å². The lowest BCUT2D eigenvalue weighted by atomic mass is 10.1. The Morgan fingerprint density at radius 1 is 1.00 bits per heavy atom. The second-order valence-corrected chi connectivity index (χ2v) is 7.03. The van der Waals surface area contributed by atoms with E-state index in [1.165, 1.54) is 24.5 Å². The molecule has 0 spiro atoms. The molecule has 31 heavy (non-hydrogen) atoms. The van der Waals surface area contributed by atoms with Gasteiger partial charge in [-0.3, -0.25) is 9.59 Å². The number of hydrogen-bond acceptors (Lipinski definition) is 4. The molecule has 158 valence electrons. The van der Waals surface area contributed by atoms with Crippen molar-refractivity contribution in [1.82, 2.24) is 10.6 Å². The molecule has 0 unspecified atom stereocenters. The van der Waals surface area contributed by atoms with Crippen LogP contribution in [0.4, 0.5) is 0 Å². The van der Waals surface area contributed by atoms with Gasteiger partial charge in [0.15, 0.2) is 5.76 Å². The lowest BCUT2D eigenvalue weighted by Crippen LogP contribution is -2.45. The Hall–Kier alpha value is -3.84. The first kappa shape index (κ1) is 21.9. The molecule has 0 fully saturated rings. The van der Waals surface area contributed by atoms with E-state index in [2.05, 4.69) is 10.6 Å². The summed E-state index contributed by atoms with van der Waals surface area (Å²) >= 11 is 5.90. The van der Waals surface area contributed by atoms with Gasteiger partial charge in [-0.25, -0.2) is 4.79 Å². The van der Waals surface area contributed by atoms with Crippen molar-refractivity contribution in [3.63, 3.8) is 0 Å². The molecule has 1 atom stereocenters. The summed E-state index contributed by atoms with van der Waals surface area (Å²) in [6.07, 6.45) is 2.84. The number of amides is 2. The molecule has 3 rings (SSSR count). The number of aliphatic carboxylic acids is 1. The van der Waals surface area contributed by atoms with Crippen LogP contribution in [0, 0.1) is 0 Å². The van der Waals surface area contributed by atoms with Crippen LogP contribution >= 0.6 is 11.6 Å². The fourth-order valence-corrected chi connectivity index (χ4v) is 2.89. The second kappa shape index (κ2) is 10.3. The molecule has 3 aromatic rings. The standard InChI is InChI=1S/C23H19ClN2O5/c24-17-10-8-16(9-11-17)13-18(25-22(28)20-7-4-12-31-20)21(27)26-19(23(29)30)14-15-5-2-1-3-6-15/h1-13,19H,14H2,(H,25,28)(H,26,27)(H,29,30)/b18-13-/t19-/m0/s1. The van der Waals surface area contributed by atoms with Crippen molar-refractivity contribution in [2.24, 2.45) is 0 Å². The number of nitrogens with one attached hydrogen (secondary N) is 2. The highest BCUT2D eigenvalue weighted by Crippen LogP contribution is 2.13. The van der Waals surface area contributed by atoms with Gasteiger partial charge in [-0.05, 0) is 41.5 Å². The third-order valence-corrected chi connectivity index (χ3v) is 4.56. The highest BCUT2D eigenvalue weighted by molar-refractivity contribution is 6.30. The molecule has 7 nitrogen and oxygen atoms in total. The number of carbonyl (C=O) groups excluding carboxylic acids is 2. The quantitative estimate of drug-likeness (QED) is 0.466. The number of rotatable bonds is 8. The van der Waals surface area contributed by atoms with Gasteiger partial charge < -0.3 is 20.2 Å². The number of carboxylic acid groups (broad SMARTS) is 1. The summed E-state index contributed by atoms with van der Waals surface area (Å²) in [5.74, 6) is -2.58. The SMILES string of the molecule is O=C(N[C@@H](Cc1ccccc1)C(=O)O)/C(=C/c1ccc(Cl)cc1)NC(=O)c1ccco1. The molecule has 2 amide bonds. The molecule has 8 heteroatoms. The molecule has 2 aromatic carbocycles. The Kier molecular flexibility index (Phi) is 7.24. The minimum Gasteiger partial charge on any atom is -0.480 e.